The van der Waals surface area contributed by atoms with Gasteiger partial charge in [-0.1, -0.05) is 42.0 Å². The molecule has 29 heavy (non-hydrogen) atoms. The molecule has 0 bridgehead atoms. The number of nitrogens with one attached hydrogen (secondary N) is 1. The molecule has 2 aromatic carbocycles. The van der Waals surface area contributed by atoms with E-state index in [2.05, 4.69) is 9.71 Å². The van der Waals surface area contributed by atoms with Crippen LogP contribution in [0, 0.1) is 13.8 Å². The van der Waals surface area contributed by atoms with Crippen LogP contribution in [0.5, 0.6) is 0 Å². The summed E-state index contributed by atoms with van der Waals surface area (Å²) in [6, 6.07) is 16.2. The monoisotopic (exact) mass is 430 g/mol. The Morgan fingerprint density at radius 1 is 0.931 bits per heavy atom. The minimum Gasteiger partial charge on any atom is -0.264 e. The quantitative estimate of drug-likeness (QED) is 0.621. The lowest BCUT2D eigenvalue weighted by atomic mass is 10.2. The van der Waals surface area contributed by atoms with Crippen LogP contribution in [0.15, 0.2) is 82.8 Å². The van der Waals surface area contributed by atoms with Gasteiger partial charge in [-0.3, -0.25) is 4.98 Å². The Morgan fingerprint density at radius 3 is 2.28 bits per heavy atom. The van der Waals surface area contributed by atoms with Crippen molar-refractivity contribution < 1.29 is 16.8 Å². The van der Waals surface area contributed by atoms with Crippen LogP contribution in [-0.4, -0.2) is 28.4 Å². The van der Waals surface area contributed by atoms with E-state index in [4.69, 9.17) is 0 Å². The second-order valence-corrected chi connectivity index (χ2v) is 10.6. The fraction of sp³-hybridized carbons (Fsp3) is 0.190. The van der Waals surface area contributed by atoms with Gasteiger partial charge in [-0.25, -0.2) is 21.6 Å². The molecule has 3 rings (SSSR count). The van der Waals surface area contributed by atoms with Gasteiger partial charge in [-0.05, 0) is 49.2 Å². The van der Waals surface area contributed by atoms with Gasteiger partial charge in [0.15, 0.2) is 9.84 Å². The Hall–Kier alpha value is -2.55. The summed E-state index contributed by atoms with van der Waals surface area (Å²) in [4.78, 5) is 4.25. The first-order valence-corrected chi connectivity index (χ1v) is 12.0. The van der Waals surface area contributed by atoms with Gasteiger partial charge in [-0.15, -0.1) is 0 Å². The molecule has 0 saturated heterocycles. The summed E-state index contributed by atoms with van der Waals surface area (Å²) in [7, 11) is -7.73. The average molecular weight is 431 g/mol. The van der Waals surface area contributed by atoms with E-state index in [0.29, 0.717) is 11.1 Å². The summed E-state index contributed by atoms with van der Waals surface area (Å²) in [5.74, 6) is 0. The number of nitrogens with zero attached hydrogens (tertiary/aromatic N) is 1. The average Bonchev–Trinajstić information content (AvgIpc) is 2.69. The third kappa shape index (κ3) is 4.72. The molecule has 1 N–H and O–H groups in total. The van der Waals surface area contributed by atoms with Gasteiger partial charge in [0.2, 0.25) is 10.0 Å². The van der Waals surface area contributed by atoms with Crippen molar-refractivity contribution in [3.63, 3.8) is 0 Å². The van der Waals surface area contributed by atoms with E-state index in [1.165, 1.54) is 30.6 Å². The summed E-state index contributed by atoms with van der Waals surface area (Å²) in [6.45, 7) is 3.28. The van der Waals surface area contributed by atoms with Crippen molar-refractivity contribution >= 4 is 19.9 Å². The maximum atomic E-state index is 13.2. The van der Waals surface area contributed by atoms with E-state index in [0.717, 1.165) is 5.56 Å². The van der Waals surface area contributed by atoms with E-state index in [9.17, 15) is 16.8 Å². The molecular formula is C21H22N2O4S2. The molecule has 1 heterocycles. The van der Waals surface area contributed by atoms with Crippen LogP contribution >= 0.6 is 0 Å². The van der Waals surface area contributed by atoms with Crippen molar-refractivity contribution in [2.24, 2.45) is 0 Å². The van der Waals surface area contributed by atoms with Crippen molar-refractivity contribution in [3.05, 3.63) is 89.7 Å². The predicted molar refractivity (Wildman–Crippen MR) is 112 cm³/mol. The second kappa shape index (κ2) is 8.44. The molecule has 1 aromatic heterocycles. The van der Waals surface area contributed by atoms with E-state index in [-0.39, 0.29) is 16.3 Å². The van der Waals surface area contributed by atoms with Crippen LogP contribution in [0.25, 0.3) is 0 Å². The topological polar surface area (TPSA) is 93.2 Å². The number of aromatic nitrogens is 1. The predicted octanol–water partition coefficient (Wildman–Crippen LogP) is 3.19. The van der Waals surface area contributed by atoms with Crippen molar-refractivity contribution in [3.8, 4) is 0 Å². The Labute approximate surface area is 171 Å². The Morgan fingerprint density at radius 2 is 1.66 bits per heavy atom. The van der Waals surface area contributed by atoms with Gasteiger partial charge in [-0.2, -0.15) is 0 Å². The fourth-order valence-corrected chi connectivity index (χ4v) is 6.15. The molecule has 8 heteroatoms. The standard InChI is InChI=1S/C21H22N2O4S2/c1-16-10-11-20(17(2)13-16)29(26,27)23-15-21(18-7-6-12-22-14-18)28(24,25)19-8-4-3-5-9-19/h3-14,21,23H,15H2,1-2H3/t21-/m1/s1. The zero-order chi connectivity index (χ0) is 21.1. The zero-order valence-corrected chi connectivity index (χ0v) is 17.7. The Kier molecular flexibility index (Phi) is 6.16. The minimum atomic E-state index is -3.89. The highest BCUT2D eigenvalue weighted by Crippen LogP contribution is 2.28. The Balaban J connectivity index is 1.96. The third-order valence-electron chi connectivity index (χ3n) is 4.58. The number of pyridine rings is 1. The van der Waals surface area contributed by atoms with Gasteiger partial charge >= 0.3 is 0 Å². The number of hydrogen-bond acceptors (Lipinski definition) is 5. The second-order valence-electron chi connectivity index (χ2n) is 6.75. The van der Waals surface area contributed by atoms with E-state index < -0.39 is 25.1 Å². The highest BCUT2D eigenvalue weighted by molar-refractivity contribution is 7.92. The van der Waals surface area contributed by atoms with E-state index in [1.54, 1.807) is 49.4 Å². The van der Waals surface area contributed by atoms with Gasteiger partial charge in [0.05, 0.1) is 9.79 Å². The minimum absolute atomic E-state index is 0.125. The van der Waals surface area contributed by atoms with Crippen LogP contribution < -0.4 is 4.72 Å². The fourth-order valence-electron chi connectivity index (χ4n) is 3.11. The zero-order valence-electron chi connectivity index (χ0n) is 16.1. The molecule has 0 unspecified atom stereocenters. The molecular weight excluding hydrogens is 408 g/mol. The summed E-state index contributed by atoms with van der Waals surface area (Å²) < 4.78 is 54.6. The van der Waals surface area contributed by atoms with Crippen LogP contribution in [0.2, 0.25) is 0 Å². The number of aryl methyl sites for hydroxylation is 2. The number of sulfonamides is 1. The van der Waals surface area contributed by atoms with Crippen LogP contribution in [-0.2, 0) is 19.9 Å². The molecule has 1 atom stereocenters. The summed E-state index contributed by atoms with van der Waals surface area (Å²) >= 11 is 0. The molecule has 0 saturated carbocycles. The van der Waals surface area contributed by atoms with Crippen LogP contribution in [0.4, 0.5) is 0 Å². The molecule has 0 aliphatic rings. The van der Waals surface area contributed by atoms with Crippen molar-refractivity contribution in [1.29, 1.82) is 0 Å². The van der Waals surface area contributed by atoms with Crippen LogP contribution in [0.3, 0.4) is 0 Å². The van der Waals surface area contributed by atoms with Gasteiger partial charge in [0.25, 0.3) is 0 Å². The number of hydrogen-bond donors (Lipinski definition) is 1. The first-order chi connectivity index (χ1) is 13.7. The number of benzene rings is 2. The summed E-state index contributed by atoms with van der Waals surface area (Å²) in [5.41, 5.74) is 1.96. The number of sulfone groups is 1. The van der Waals surface area contributed by atoms with Crippen molar-refractivity contribution in [2.45, 2.75) is 28.9 Å². The first kappa shape index (κ1) is 21.2. The van der Waals surface area contributed by atoms with E-state index in [1.807, 2.05) is 6.92 Å². The number of rotatable bonds is 7. The maximum absolute atomic E-state index is 13.2. The molecule has 6 nitrogen and oxygen atoms in total. The molecule has 0 aliphatic heterocycles. The lowest BCUT2D eigenvalue weighted by molar-refractivity contribution is 0.568. The third-order valence-corrected chi connectivity index (χ3v) is 8.28. The largest absolute Gasteiger partial charge is 0.264 e. The van der Waals surface area contributed by atoms with Gasteiger partial charge in [0.1, 0.15) is 5.25 Å². The Bertz CT molecular complexity index is 1190. The normalized spacial score (nSPS) is 13.2. The molecule has 3 aromatic rings. The molecule has 152 valence electrons. The SMILES string of the molecule is Cc1ccc(S(=O)(=O)NC[C@H](c2cccnc2)S(=O)(=O)c2ccccc2)c(C)c1. The lowest BCUT2D eigenvalue weighted by Gasteiger charge is -2.19. The van der Waals surface area contributed by atoms with Crippen molar-refractivity contribution in [2.75, 3.05) is 6.54 Å². The molecule has 0 radical (unpaired) electrons. The highest BCUT2D eigenvalue weighted by Gasteiger charge is 2.31. The van der Waals surface area contributed by atoms with Gasteiger partial charge < -0.3 is 0 Å². The molecule has 0 spiro atoms. The summed E-state index contributed by atoms with van der Waals surface area (Å²) in [5, 5.41) is -1.11. The van der Waals surface area contributed by atoms with Gasteiger partial charge in [0, 0.05) is 18.9 Å². The van der Waals surface area contributed by atoms with E-state index >= 15 is 0 Å². The molecule has 0 fully saturated rings. The lowest BCUT2D eigenvalue weighted by Crippen LogP contribution is -2.32. The van der Waals surface area contributed by atoms with Crippen molar-refractivity contribution in [1.82, 2.24) is 9.71 Å². The summed E-state index contributed by atoms with van der Waals surface area (Å²) in [6.07, 6.45) is 2.98. The smallest absolute Gasteiger partial charge is 0.240 e. The highest BCUT2D eigenvalue weighted by atomic mass is 32.2. The molecule has 0 amide bonds. The maximum Gasteiger partial charge on any atom is 0.240 e. The molecule has 0 aliphatic carbocycles. The first-order valence-electron chi connectivity index (χ1n) is 8.97. The van der Waals surface area contributed by atoms with Crippen LogP contribution in [0.1, 0.15) is 21.9 Å².